The fourth-order valence-electron chi connectivity index (χ4n) is 2.29. The lowest BCUT2D eigenvalue weighted by Gasteiger charge is -2.10. The minimum Gasteiger partial charge on any atom is -0.351 e. The van der Waals surface area contributed by atoms with E-state index in [-0.39, 0.29) is 23.2 Å². The summed E-state index contributed by atoms with van der Waals surface area (Å²) in [4.78, 5) is 42.5. The molecule has 2 aromatic rings. The van der Waals surface area contributed by atoms with Crippen LogP contribution in [-0.4, -0.2) is 27.0 Å². The molecule has 2 rings (SSSR count). The molecule has 0 aliphatic rings. The van der Waals surface area contributed by atoms with Crippen LogP contribution in [0.15, 0.2) is 21.7 Å². The van der Waals surface area contributed by atoms with Gasteiger partial charge in [0.05, 0.1) is 0 Å². The summed E-state index contributed by atoms with van der Waals surface area (Å²) in [7, 11) is 1.64. The summed E-state index contributed by atoms with van der Waals surface area (Å²) >= 11 is 0. The van der Waals surface area contributed by atoms with E-state index in [0.29, 0.717) is 17.9 Å². The van der Waals surface area contributed by atoms with E-state index in [0.717, 1.165) is 11.3 Å². The molecular weight excluding hydrogens is 296 g/mol. The second kappa shape index (κ2) is 6.60. The van der Waals surface area contributed by atoms with Gasteiger partial charge in [-0.15, -0.1) is 0 Å². The Balaban J connectivity index is 2.09. The van der Waals surface area contributed by atoms with Gasteiger partial charge in [-0.25, -0.2) is 4.98 Å². The number of hydrogen-bond acceptors (Lipinski definition) is 4. The molecule has 2 N–H and O–H groups in total. The Morgan fingerprint density at radius 1 is 1.26 bits per heavy atom. The smallest absolute Gasteiger partial charge is 0.263 e. The molecule has 1 amide bonds. The number of hydrogen-bond donors (Lipinski definition) is 2. The number of nitrogens with zero attached hydrogens (tertiary/aromatic N) is 2. The van der Waals surface area contributed by atoms with Crippen LogP contribution in [0.5, 0.6) is 0 Å². The second-order valence-corrected chi connectivity index (χ2v) is 5.53. The predicted molar refractivity (Wildman–Crippen MR) is 86.8 cm³/mol. The van der Waals surface area contributed by atoms with E-state index in [1.165, 1.54) is 10.6 Å². The first kappa shape index (κ1) is 16.7. The number of rotatable bonds is 4. The molecule has 0 atom stereocenters. The van der Waals surface area contributed by atoms with Gasteiger partial charge in [-0.3, -0.25) is 14.4 Å². The first-order chi connectivity index (χ1) is 10.8. The van der Waals surface area contributed by atoms with E-state index in [1.807, 2.05) is 13.8 Å². The predicted octanol–water partition coefficient (Wildman–Crippen LogP) is 0.366. The van der Waals surface area contributed by atoms with Crippen molar-refractivity contribution in [3.8, 4) is 0 Å². The van der Waals surface area contributed by atoms with Crippen molar-refractivity contribution in [3.63, 3.8) is 0 Å². The number of amides is 1. The monoisotopic (exact) mass is 316 g/mol. The summed E-state index contributed by atoms with van der Waals surface area (Å²) in [6, 6.07) is 3.00. The summed E-state index contributed by atoms with van der Waals surface area (Å²) in [5.41, 5.74) is 1.89. The van der Waals surface area contributed by atoms with E-state index in [9.17, 15) is 14.4 Å². The van der Waals surface area contributed by atoms with Crippen molar-refractivity contribution in [2.24, 2.45) is 7.05 Å². The van der Waals surface area contributed by atoms with E-state index in [4.69, 9.17) is 0 Å². The fraction of sp³-hybridized carbons (Fsp3) is 0.375. The van der Waals surface area contributed by atoms with Gasteiger partial charge in [0.1, 0.15) is 11.4 Å². The molecule has 2 heterocycles. The molecule has 0 aromatic carbocycles. The lowest BCUT2D eigenvalue weighted by Crippen LogP contribution is -2.34. The Labute approximate surface area is 133 Å². The summed E-state index contributed by atoms with van der Waals surface area (Å²) < 4.78 is 1.46. The maximum atomic E-state index is 12.2. The Kier molecular flexibility index (Phi) is 4.78. The second-order valence-electron chi connectivity index (χ2n) is 5.53. The van der Waals surface area contributed by atoms with E-state index in [1.54, 1.807) is 20.0 Å². The Morgan fingerprint density at radius 3 is 2.61 bits per heavy atom. The molecule has 0 bridgehead atoms. The highest BCUT2D eigenvalue weighted by Crippen LogP contribution is 2.05. The minimum atomic E-state index is -0.427. The standard InChI is InChI=1S/C16H20N4O3/c1-9-7-12(16(23)20(4)11(9)3)15(22)17-6-5-13-18-10(2)8-14(21)19-13/h7-8H,5-6H2,1-4H3,(H,17,22)(H,18,19,21). The topological polar surface area (TPSA) is 96.9 Å². The summed E-state index contributed by atoms with van der Waals surface area (Å²) in [6.07, 6.45) is 0.383. The van der Waals surface area contributed by atoms with Gasteiger partial charge >= 0.3 is 0 Å². The number of aryl methyl sites for hydroxylation is 2. The average molecular weight is 316 g/mol. The van der Waals surface area contributed by atoms with E-state index < -0.39 is 5.91 Å². The van der Waals surface area contributed by atoms with Crippen LogP contribution in [0.4, 0.5) is 0 Å². The first-order valence-electron chi connectivity index (χ1n) is 7.32. The van der Waals surface area contributed by atoms with Gasteiger partial charge in [-0.05, 0) is 32.4 Å². The van der Waals surface area contributed by atoms with E-state index in [2.05, 4.69) is 15.3 Å². The van der Waals surface area contributed by atoms with Crippen LogP contribution in [0.2, 0.25) is 0 Å². The lowest BCUT2D eigenvalue weighted by atomic mass is 10.1. The largest absolute Gasteiger partial charge is 0.351 e. The molecule has 0 unspecified atom stereocenters. The van der Waals surface area contributed by atoms with Crippen LogP contribution < -0.4 is 16.4 Å². The highest BCUT2D eigenvalue weighted by Gasteiger charge is 2.14. The number of nitrogens with one attached hydrogen (secondary N) is 2. The SMILES string of the molecule is Cc1cc(=O)[nH]c(CCNC(=O)c2cc(C)c(C)n(C)c2=O)n1. The van der Waals surface area contributed by atoms with Crippen LogP contribution in [0, 0.1) is 20.8 Å². The molecule has 2 aromatic heterocycles. The van der Waals surface area contributed by atoms with Crippen molar-refractivity contribution in [2.45, 2.75) is 27.2 Å². The summed E-state index contributed by atoms with van der Waals surface area (Å²) in [6.45, 7) is 5.70. The van der Waals surface area contributed by atoms with Crippen molar-refractivity contribution in [1.82, 2.24) is 19.9 Å². The number of pyridine rings is 1. The average Bonchev–Trinajstić information content (AvgIpc) is 2.47. The summed E-state index contributed by atoms with van der Waals surface area (Å²) in [5.74, 6) is 0.0759. The molecule has 0 saturated carbocycles. The fourth-order valence-corrected chi connectivity index (χ4v) is 2.29. The molecule has 0 saturated heterocycles. The summed E-state index contributed by atoms with van der Waals surface area (Å²) in [5, 5.41) is 2.69. The zero-order valence-corrected chi connectivity index (χ0v) is 13.7. The molecule has 0 radical (unpaired) electrons. The molecule has 0 aliphatic heterocycles. The van der Waals surface area contributed by atoms with Gasteiger partial charge in [-0.2, -0.15) is 0 Å². The Hall–Kier alpha value is -2.70. The molecule has 7 nitrogen and oxygen atoms in total. The zero-order chi connectivity index (χ0) is 17.1. The molecule has 122 valence electrons. The molecule has 0 spiro atoms. The normalized spacial score (nSPS) is 10.6. The highest BCUT2D eigenvalue weighted by atomic mass is 16.2. The number of carbonyl (C=O) groups is 1. The van der Waals surface area contributed by atoms with Gasteiger partial charge in [0, 0.05) is 37.5 Å². The van der Waals surface area contributed by atoms with Gasteiger partial charge in [0.15, 0.2) is 0 Å². The van der Waals surface area contributed by atoms with Gasteiger partial charge in [0.2, 0.25) is 0 Å². The highest BCUT2D eigenvalue weighted by molar-refractivity contribution is 5.94. The maximum absolute atomic E-state index is 12.2. The van der Waals surface area contributed by atoms with Crippen LogP contribution in [0.1, 0.15) is 33.1 Å². The Morgan fingerprint density at radius 2 is 1.96 bits per heavy atom. The third-order valence-electron chi connectivity index (χ3n) is 3.78. The number of H-pyrrole nitrogens is 1. The van der Waals surface area contributed by atoms with Gasteiger partial charge < -0.3 is 14.9 Å². The molecule has 7 heteroatoms. The first-order valence-corrected chi connectivity index (χ1v) is 7.32. The molecule has 0 aliphatic carbocycles. The molecule has 23 heavy (non-hydrogen) atoms. The van der Waals surface area contributed by atoms with Crippen molar-refractivity contribution < 1.29 is 4.79 Å². The quantitative estimate of drug-likeness (QED) is 0.851. The van der Waals surface area contributed by atoms with Crippen molar-refractivity contribution in [2.75, 3.05) is 6.54 Å². The zero-order valence-electron chi connectivity index (χ0n) is 13.7. The molecule has 0 fully saturated rings. The lowest BCUT2D eigenvalue weighted by molar-refractivity contribution is 0.0952. The number of aromatic amines is 1. The van der Waals surface area contributed by atoms with Gasteiger partial charge in [0.25, 0.3) is 17.0 Å². The van der Waals surface area contributed by atoms with Crippen LogP contribution in [0.3, 0.4) is 0 Å². The van der Waals surface area contributed by atoms with Gasteiger partial charge in [-0.1, -0.05) is 0 Å². The van der Waals surface area contributed by atoms with Crippen LogP contribution in [0.25, 0.3) is 0 Å². The van der Waals surface area contributed by atoms with Crippen molar-refractivity contribution in [1.29, 1.82) is 0 Å². The van der Waals surface area contributed by atoms with Crippen LogP contribution >= 0.6 is 0 Å². The van der Waals surface area contributed by atoms with Crippen molar-refractivity contribution in [3.05, 3.63) is 61.2 Å². The Bertz CT molecular complexity index is 865. The third-order valence-corrected chi connectivity index (χ3v) is 3.78. The maximum Gasteiger partial charge on any atom is 0.263 e. The number of aromatic nitrogens is 3. The minimum absolute atomic E-state index is 0.112. The molecular formula is C16H20N4O3. The third kappa shape index (κ3) is 3.74. The number of carbonyl (C=O) groups excluding carboxylic acids is 1. The van der Waals surface area contributed by atoms with Crippen molar-refractivity contribution >= 4 is 5.91 Å². The van der Waals surface area contributed by atoms with E-state index >= 15 is 0 Å². The van der Waals surface area contributed by atoms with Crippen LogP contribution in [-0.2, 0) is 13.5 Å².